The largest absolute Gasteiger partial charge is 0.248 e. The molecule has 3 N–H and O–H groups in total. The number of rotatable bonds is 11. The van der Waals surface area contributed by atoms with E-state index in [0.29, 0.717) is 6.54 Å². The van der Waals surface area contributed by atoms with Gasteiger partial charge in [0.2, 0.25) is 0 Å². The molecular weight excluding hydrogens is 374 g/mol. The minimum absolute atomic E-state index is 0.653. The van der Waals surface area contributed by atoms with Crippen LogP contribution in [0.1, 0.15) is 50.6 Å². The van der Waals surface area contributed by atoms with Crippen molar-refractivity contribution in [3.63, 3.8) is 0 Å². The molecule has 0 saturated carbocycles. The van der Waals surface area contributed by atoms with E-state index in [1.807, 2.05) is 30.9 Å². The Labute approximate surface area is 179 Å². The molecule has 3 rings (SSSR count). The Kier molecular flexibility index (Phi) is 10.3. The molecule has 2 aromatic carbocycles. The third-order valence-corrected chi connectivity index (χ3v) is 4.47. The Hall–Kier alpha value is -3.03. The summed E-state index contributed by atoms with van der Waals surface area (Å²) in [5, 5.41) is 8.08. The maximum absolute atomic E-state index is 4.56. The highest BCUT2D eigenvalue weighted by Gasteiger charge is 2.06. The number of unbranched alkanes of at least 4 members (excludes halogenated alkanes) is 1. The smallest absolute Gasteiger partial charge is 0.150 e. The number of aryl methyl sites for hydroxylation is 1. The monoisotopic (exact) mass is 407 g/mol. The number of nitrogens with one attached hydrogen (secondary N) is 3. The van der Waals surface area contributed by atoms with Crippen molar-refractivity contribution in [2.45, 2.75) is 53.1 Å². The number of hydrogen-bond donors (Lipinski definition) is 3. The standard InChI is InChI=1S/C21H27N7.C2H6/c1-3-4-9-21-23-16-28(25-21)15-17-10-12-18(13-11-17)20-8-6-5-7-19(20)14-24-27-26-22-2;1-2/h5-8,10-13,16,24,26-27H,2-4,9,14-15H2,1H3;1-2H3. The summed E-state index contributed by atoms with van der Waals surface area (Å²) in [5.74, 6) is 0.926. The predicted octanol–water partition coefficient (Wildman–Crippen LogP) is 4.08. The maximum atomic E-state index is 4.56. The summed E-state index contributed by atoms with van der Waals surface area (Å²) in [6.45, 7) is 10.9. The van der Waals surface area contributed by atoms with Crippen LogP contribution in [0.3, 0.4) is 0 Å². The lowest BCUT2D eigenvalue weighted by atomic mass is 9.99. The molecule has 0 spiro atoms. The van der Waals surface area contributed by atoms with Gasteiger partial charge in [-0.2, -0.15) is 15.7 Å². The Morgan fingerprint density at radius 3 is 2.57 bits per heavy atom. The van der Waals surface area contributed by atoms with E-state index in [4.69, 9.17) is 0 Å². The summed E-state index contributed by atoms with van der Waals surface area (Å²) in [5.41, 5.74) is 13.1. The minimum Gasteiger partial charge on any atom is -0.248 e. The number of hydrogen-bond acceptors (Lipinski definition) is 6. The number of hydrazone groups is 1. The third kappa shape index (κ3) is 7.09. The van der Waals surface area contributed by atoms with Crippen LogP contribution >= 0.6 is 0 Å². The summed E-state index contributed by atoms with van der Waals surface area (Å²) >= 11 is 0. The summed E-state index contributed by atoms with van der Waals surface area (Å²) in [4.78, 5) is 4.39. The lowest BCUT2D eigenvalue weighted by molar-refractivity contribution is 0.446. The molecule has 0 fully saturated rings. The first-order valence-corrected chi connectivity index (χ1v) is 10.5. The second kappa shape index (κ2) is 13.2. The zero-order chi connectivity index (χ0) is 21.6. The van der Waals surface area contributed by atoms with Crippen molar-refractivity contribution >= 4 is 6.72 Å². The molecule has 1 heterocycles. The van der Waals surface area contributed by atoms with Gasteiger partial charge in [0, 0.05) is 19.7 Å². The van der Waals surface area contributed by atoms with Crippen LogP contribution in [-0.2, 0) is 19.5 Å². The summed E-state index contributed by atoms with van der Waals surface area (Å²) < 4.78 is 1.91. The van der Waals surface area contributed by atoms with Crippen molar-refractivity contribution in [2.75, 3.05) is 0 Å². The molecule has 0 aliphatic heterocycles. The Morgan fingerprint density at radius 2 is 1.83 bits per heavy atom. The third-order valence-electron chi connectivity index (χ3n) is 4.47. The zero-order valence-electron chi connectivity index (χ0n) is 18.2. The molecule has 0 radical (unpaired) electrons. The topological polar surface area (TPSA) is 79.2 Å². The van der Waals surface area contributed by atoms with Gasteiger partial charge in [0.1, 0.15) is 6.33 Å². The van der Waals surface area contributed by atoms with Gasteiger partial charge in [-0.25, -0.2) is 20.6 Å². The van der Waals surface area contributed by atoms with Crippen molar-refractivity contribution in [3.05, 3.63) is 71.8 Å². The molecule has 160 valence electrons. The molecule has 1 aromatic heterocycles. The molecule has 0 bridgehead atoms. The van der Waals surface area contributed by atoms with Crippen LogP contribution < -0.4 is 16.5 Å². The molecule has 7 heteroatoms. The first-order valence-electron chi connectivity index (χ1n) is 10.5. The van der Waals surface area contributed by atoms with E-state index in [-0.39, 0.29) is 0 Å². The second-order valence-electron chi connectivity index (χ2n) is 6.56. The van der Waals surface area contributed by atoms with Gasteiger partial charge >= 0.3 is 0 Å². The lowest BCUT2D eigenvalue weighted by Gasteiger charge is -2.12. The van der Waals surface area contributed by atoms with E-state index in [0.717, 1.165) is 31.6 Å². The average Bonchev–Trinajstić information content (AvgIpc) is 3.25. The summed E-state index contributed by atoms with van der Waals surface area (Å²) in [6.07, 6.45) is 5.05. The SMILES string of the molecule is C=NNNNCc1ccccc1-c1ccc(Cn2cnc(CCCC)n2)cc1.CC. The molecule has 7 nitrogen and oxygen atoms in total. The van der Waals surface area contributed by atoms with E-state index in [1.54, 1.807) is 0 Å². The molecule has 0 unspecified atom stereocenters. The number of aromatic nitrogens is 3. The Balaban J connectivity index is 0.00000155. The molecule has 0 aliphatic rings. The number of nitrogens with zero attached hydrogens (tertiary/aromatic N) is 4. The van der Waals surface area contributed by atoms with Crippen LogP contribution in [0.2, 0.25) is 0 Å². The van der Waals surface area contributed by atoms with Gasteiger partial charge in [-0.1, -0.05) is 75.7 Å². The highest BCUT2D eigenvalue weighted by atomic mass is 15.7. The fourth-order valence-electron chi connectivity index (χ4n) is 3.01. The van der Waals surface area contributed by atoms with E-state index in [9.17, 15) is 0 Å². The molecule has 0 aliphatic carbocycles. The van der Waals surface area contributed by atoms with Gasteiger partial charge in [-0.3, -0.25) is 0 Å². The van der Waals surface area contributed by atoms with Crippen LogP contribution in [0.25, 0.3) is 11.1 Å². The summed E-state index contributed by atoms with van der Waals surface area (Å²) in [7, 11) is 0. The maximum Gasteiger partial charge on any atom is 0.150 e. The van der Waals surface area contributed by atoms with Crippen molar-refractivity contribution in [3.8, 4) is 11.1 Å². The fraction of sp³-hybridized carbons (Fsp3) is 0.348. The first-order chi connectivity index (χ1) is 14.8. The molecule has 30 heavy (non-hydrogen) atoms. The number of hydrazine groups is 2. The highest BCUT2D eigenvalue weighted by molar-refractivity contribution is 5.67. The molecule has 0 amide bonds. The fourth-order valence-corrected chi connectivity index (χ4v) is 3.01. The van der Waals surface area contributed by atoms with Gasteiger partial charge in [0.25, 0.3) is 0 Å². The van der Waals surface area contributed by atoms with Gasteiger partial charge in [-0.05, 0) is 28.7 Å². The van der Waals surface area contributed by atoms with E-state index >= 15 is 0 Å². The average molecular weight is 408 g/mol. The van der Waals surface area contributed by atoms with E-state index < -0.39 is 0 Å². The minimum atomic E-state index is 0.653. The van der Waals surface area contributed by atoms with Crippen molar-refractivity contribution in [1.29, 1.82) is 0 Å². The number of benzene rings is 2. The van der Waals surface area contributed by atoms with Crippen LogP contribution in [-0.4, -0.2) is 21.5 Å². The van der Waals surface area contributed by atoms with Gasteiger partial charge < -0.3 is 0 Å². The Morgan fingerprint density at radius 1 is 1.07 bits per heavy atom. The van der Waals surface area contributed by atoms with Gasteiger partial charge in [0.05, 0.1) is 6.54 Å². The van der Waals surface area contributed by atoms with Crippen molar-refractivity contribution in [2.24, 2.45) is 5.10 Å². The van der Waals surface area contributed by atoms with Crippen molar-refractivity contribution in [1.82, 2.24) is 31.3 Å². The summed E-state index contributed by atoms with van der Waals surface area (Å²) in [6, 6.07) is 16.9. The lowest BCUT2D eigenvalue weighted by Crippen LogP contribution is -2.39. The van der Waals surface area contributed by atoms with Gasteiger partial charge in [-0.15, -0.1) is 0 Å². The Bertz CT molecular complexity index is 871. The molecule has 3 aromatic rings. The molecule has 0 saturated heterocycles. The van der Waals surface area contributed by atoms with Gasteiger partial charge in [0.15, 0.2) is 5.82 Å². The van der Waals surface area contributed by atoms with Crippen molar-refractivity contribution < 1.29 is 0 Å². The molecule has 0 atom stereocenters. The van der Waals surface area contributed by atoms with E-state index in [2.05, 4.69) is 87.8 Å². The zero-order valence-corrected chi connectivity index (χ0v) is 18.2. The van der Waals surface area contributed by atoms with Crippen LogP contribution in [0.5, 0.6) is 0 Å². The first kappa shape index (κ1) is 23.3. The molecular formula is C23H33N7. The van der Waals surface area contributed by atoms with E-state index in [1.165, 1.54) is 22.3 Å². The normalized spacial score (nSPS) is 10.2. The van der Waals surface area contributed by atoms with Crippen LogP contribution in [0.15, 0.2) is 60.0 Å². The quantitative estimate of drug-likeness (QED) is 0.254. The van der Waals surface area contributed by atoms with Crippen LogP contribution in [0.4, 0.5) is 0 Å². The highest BCUT2D eigenvalue weighted by Crippen LogP contribution is 2.24. The second-order valence-corrected chi connectivity index (χ2v) is 6.56. The van der Waals surface area contributed by atoms with Crippen LogP contribution in [0, 0.1) is 0 Å². The predicted molar refractivity (Wildman–Crippen MR) is 124 cm³/mol.